The summed E-state index contributed by atoms with van der Waals surface area (Å²) in [6, 6.07) is 24.3. The van der Waals surface area contributed by atoms with E-state index in [2.05, 4.69) is 42.3 Å². The molecule has 0 unspecified atom stereocenters. The zero-order chi connectivity index (χ0) is 26.4. The minimum Gasteiger partial charge on any atom is -0.497 e. The molecule has 4 rings (SSSR count). The number of ether oxygens (including phenoxy) is 1. The molecular formula is C31H34N4O2. The predicted octanol–water partition coefficient (Wildman–Crippen LogP) is 5.60. The second-order valence-electron chi connectivity index (χ2n) is 9.34. The Kier molecular flexibility index (Phi) is 8.21. The average molecular weight is 495 g/mol. The van der Waals surface area contributed by atoms with Gasteiger partial charge >= 0.3 is 0 Å². The summed E-state index contributed by atoms with van der Waals surface area (Å²) < 4.78 is 7.12. The highest BCUT2D eigenvalue weighted by molar-refractivity contribution is 5.92. The van der Waals surface area contributed by atoms with Crippen molar-refractivity contribution < 1.29 is 9.53 Å². The first-order valence-electron chi connectivity index (χ1n) is 12.3. The summed E-state index contributed by atoms with van der Waals surface area (Å²) in [5, 5.41) is 7.92. The molecule has 0 radical (unpaired) electrons. The Morgan fingerprint density at radius 1 is 1.03 bits per heavy atom. The van der Waals surface area contributed by atoms with E-state index in [1.807, 2.05) is 85.6 Å². The molecule has 37 heavy (non-hydrogen) atoms. The van der Waals surface area contributed by atoms with Crippen LogP contribution in [0.4, 0.5) is 0 Å². The summed E-state index contributed by atoms with van der Waals surface area (Å²) in [6.45, 7) is 4.68. The number of carbonyl (C=O) groups is 1. The number of aryl methyl sites for hydroxylation is 2. The van der Waals surface area contributed by atoms with Crippen LogP contribution in [-0.4, -0.2) is 48.3 Å². The normalized spacial score (nSPS) is 12.2. The Hall–Kier alpha value is -4.16. The summed E-state index contributed by atoms with van der Waals surface area (Å²) >= 11 is 0. The molecule has 1 heterocycles. The molecule has 6 heteroatoms. The van der Waals surface area contributed by atoms with Gasteiger partial charge < -0.3 is 15.0 Å². The number of para-hydroxylation sites is 1. The number of likely N-dealkylation sites (N-methyl/N-ethyl adjacent to an activating group) is 1. The Balaban J connectivity index is 1.55. The van der Waals surface area contributed by atoms with Gasteiger partial charge in [0.15, 0.2) is 0 Å². The zero-order valence-corrected chi connectivity index (χ0v) is 22.1. The second kappa shape index (κ2) is 11.7. The van der Waals surface area contributed by atoms with E-state index >= 15 is 0 Å². The van der Waals surface area contributed by atoms with Gasteiger partial charge in [-0.25, -0.2) is 4.68 Å². The number of methoxy groups -OCH3 is 1. The summed E-state index contributed by atoms with van der Waals surface area (Å²) in [6.07, 6.45) is 5.38. The molecule has 1 aromatic heterocycles. The number of amides is 1. The van der Waals surface area contributed by atoms with Crippen molar-refractivity contribution in [2.75, 3.05) is 27.7 Å². The lowest BCUT2D eigenvalue weighted by Crippen LogP contribution is -2.33. The van der Waals surface area contributed by atoms with Crippen LogP contribution < -0.4 is 10.1 Å². The number of rotatable bonds is 9. The molecule has 1 N–H and O–H groups in total. The second-order valence-corrected chi connectivity index (χ2v) is 9.34. The first-order chi connectivity index (χ1) is 17.9. The molecule has 0 saturated heterocycles. The zero-order valence-electron chi connectivity index (χ0n) is 22.1. The molecular weight excluding hydrogens is 460 g/mol. The first-order valence-corrected chi connectivity index (χ1v) is 12.3. The maximum absolute atomic E-state index is 12.8. The Labute approximate surface area is 219 Å². The van der Waals surface area contributed by atoms with E-state index in [4.69, 9.17) is 9.84 Å². The van der Waals surface area contributed by atoms with Crippen molar-refractivity contribution in [3.8, 4) is 22.7 Å². The smallest absolute Gasteiger partial charge is 0.244 e. The third-order valence-corrected chi connectivity index (χ3v) is 6.55. The minimum absolute atomic E-state index is 0.0372. The van der Waals surface area contributed by atoms with Gasteiger partial charge in [-0.3, -0.25) is 4.79 Å². The quantitative estimate of drug-likeness (QED) is 0.308. The molecule has 3 aromatic carbocycles. The molecule has 4 aromatic rings. The molecule has 0 spiro atoms. The van der Waals surface area contributed by atoms with Crippen LogP contribution in [0.5, 0.6) is 5.75 Å². The largest absolute Gasteiger partial charge is 0.497 e. The van der Waals surface area contributed by atoms with Crippen molar-refractivity contribution in [2.24, 2.45) is 0 Å². The number of hydrogen-bond acceptors (Lipinski definition) is 4. The molecule has 0 aliphatic heterocycles. The number of carbonyl (C=O) groups excluding carboxylic acids is 1. The van der Waals surface area contributed by atoms with Crippen molar-refractivity contribution in [1.29, 1.82) is 0 Å². The molecule has 0 aliphatic rings. The van der Waals surface area contributed by atoms with Crippen molar-refractivity contribution in [3.05, 3.63) is 107 Å². The minimum atomic E-state index is -0.154. The molecule has 190 valence electrons. The lowest BCUT2D eigenvalue weighted by atomic mass is 10.0. The Morgan fingerprint density at radius 3 is 2.41 bits per heavy atom. The summed E-state index contributed by atoms with van der Waals surface area (Å²) in [5.41, 5.74) is 7.23. The molecule has 6 nitrogen and oxygen atoms in total. The number of nitrogens with zero attached hydrogens (tertiary/aromatic N) is 3. The highest BCUT2D eigenvalue weighted by Crippen LogP contribution is 2.27. The van der Waals surface area contributed by atoms with Crippen molar-refractivity contribution in [2.45, 2.75) is 19.9 Å². The Bertz CT molecular complexity index is 1370. The molecule has 1 amide bonds. The van der Waals surface area contributed by atoms with Gasteiger partial charge in [0, 0.05) is 29.9 Å². The molecule has 1 atom stereocenters. The summed E-state index contributed by atoms with van der Waals surface area (Å²) in [7, 11) is 5.66. The monoisotopic (exact) mass is 494 g/mol. The number of aromatic nitrogens is 2. The third kappa shape index (κ3) is 6.35. The maximum atomic E-state index is 12.8. The van der Waals surface area contributed by atoms with Crippen LogP contribution in [0, 0.1) is 13.8 Å². The summed E-state index contributed by atoms with van der Waals surface area (Å²) in [4.78, 5) is 14.9. The van der Waals surface area contributed by atoms with Crippen LogP contribution in [-0.2, 0) is 4.79 Å². The SMILES string of the molecule is COc1ccc([C@H](CNC(=O)/C=C/c2cn(-c3ccccc3)nc2-c2ccc(C)c(C)c2)N(C)C)cc1. The standard InChI is InChI=1S/C31H34N4O2/c1-22-11-12-25(19-23(22)2)31-26(21-35(33-31)27-9-7-6-8-10-27)15-18-30(36)32-20-29(34(3)4)24-13-16-28(37-5)17-14-24/h6-19,21,29H,20H2,1-5H3,(H,32,36)/b18-15+/t29-/m0/s1. The predicted molar refractivity (Wildman–Crippen MR) is 150 cm³/mol. The first kappa shape index (κ1) is 25.9. The van der Waals surface area contributed by atoms with Gasteiger partial charge in [-0.1, -0.05) is 42.5 Å². The van der Waals surface area contributed by atoms with Gasteiger partial charge in [-0.05, 0) is 81.0 Å². The van der Waals surface area contributed by atoms with Crippen LogP contribution in [0.2, 0.25) is 0 Å². The Morgan fingerprint density at radius 2 is 1.76 bits per heavy atom. The highest BCUT2D eigenvalue weighted by atomic mass is 16.5. The van der Waals surface area contributed by atoms with E-state index in [1.54, 1.807) is 13.2 Å². The van der Waals surface area contributed by atoms with Gasteiger partial charge in [-0.15, -0.1) is 0 Å². The lowest BCUT2D eigenvalue weighted by Gasteiger charge is -2.25. The van der Waals surface area contributed by atoms with E-state index in [-0.39, 0.29) is 11.9 Å². The van der Waals surface area contributed by atoms with E-state index in [0.29, 0.717) is 6.54 Å². The average Bonchev–Trinajstić information content (AvgIpc) is 3.34. The van der Waals surface area contributed by atoms with E-state index < -0.39 is 0 Å². The van der Waals surface area contributed by atoms with Gasteiger partial charge in [0.2, 0.25) is 5.91 Å². The van der Waals surface area contributed by atoms with Crippen molar-refractivity contribution >= 4 is 12.0 Å². The van der Waals surface area contributed by atoms with Crippen LogP contribution in [0.3, 0.4) is 0 Å². The van der Waals surface area contributed by atoms with Gasteiger partial charge in [0.05, 0.1) is 24.5 Å². The fourth-order valence-corrected chi connectivity index (χ4v) is 4.18. The molecule has 0 fully saturated rings. The highest BCUT2D eigenvalue weighted by Gasteiger charge is 2.16. The fraction of sp³-hybridized carbons (Fsp3) is 0.226. The van der Waals surface area contributed by atoms with Crippen LogP contribution >= 0.6 is 0 Å². The van der Waals surface area contributed by atoms with E-state index in [0.717, 1.165) is 33.8 Å². The van der Waals surface area contributed by atoms with Crippen LogP contribution in [0.1, 0.15) is 28.3 Å². The van der Waals surface area contributed by atoms with E-state index in [1.165, 1.54) is 11.1 Å². The van der Waals surface area contributed by atoms with Gasteiger partial charge in [0.25, 0.3) is 0 Å². The topological polar surface area (TPSA) is 59.4 Å². The third-order valence-electron chi connectivity index (χ3n) is 6.55. The molecule has 0 bridgehead atoms. The fourth-order valence-electron chi connectivity index (χ4n) is 4.18. The van der Waals surface area contributed by atoms with Crippen molar-refractivity contribution in [1.82, 2.24) is 20.0 Å². The van der Waals surface area contributed by atoms with Gasteiger partial charge in [-0.2, -0.15) is 5.10 Å². The van der Waals surface area contributed by atoms with Gasteiger partial charge in [0.1, 0.15) is 5.75 Å². The number of nitrogens with one attached hydrogen (secondary N) is 1. The molecule has 0 saturated carbocycles. The van der Waals surface area contributed by atoms with Crippen LogP contribution in [0.25, 0.3) is 23.0 Å². The van der Waals surface area contributed by atoms with Crippen molar-refractivity contribution in [3.63, 3.8) is 0 Å². The number of benzene rings is 3. The van der Waals surface area contributed by atoms with Crippen LogP contribution in [0.15, 0.2) is 85.1 Å². The number of hydrogen-bond donors (Lipinski definition) is 1. The summed E-state index contributed by atoms with van der Waals surface area (Å²) in [5.74, 6) is 0.655. The molecule has 0 aliphatic carbocycles. The van der Waals surface area contributed by atoms with E-state index in [9.17, 15) is 4.79 Å². The lowest BCUT2D eigenvalue weighted by molar-refractivity contribution is -0.116. The maximum Gasteiger partial charge on any atom is 0.244 e.